The number of nitrogens with one attached hydrogen (secondary N) is 1. The Balaban J connectivity index is 2.17. The summed E-state index contributed by atoms with van der Waals surface area (Å²) in [5.74, 6) is -0.166. The number of hydrogen-bond acceptors (Lipinski definition) is 3. The van der Waals surface area contributed by atoms with Gasteiger partial charge < -0.3 is 16.0 Å². The molecule has 0 bridgehead atoms. The number of nitrogens with zero attached hydrogens (tertiary/aromatic N) is 1. The molecule has 0 aliphatic carbocycles. The topological polar surface area (TPSA) is 75.4 Å². The molecule has 1 aromatic rings. The van der Waals surface area contributed by atoms with Crippen molar-refractivity contribution in [3.8, 4) is 0 Å². The Morgan fingerprint density at radius 2 is 2.09 bits per heavy atom. The molecule has 1 aliphatic heterocycles. The zero-order chi connectivity index (χ0) is 16.8. The number of nitrogens with two attached hydrogens (primary N) is 1. The van der Waals surface area contributed by atoms with Crippen molar-refractivity contribution in [2.45, 2.75) is 51.6 Å². The van der Waals surface area contributed by atoms with Gasteiger partial charge in [0.05, 0.1) is 0 Å². The lowest BCUT2D eigenvalue weighted by Gasteiger charge is -2.38. The van der Waals surface area contributed by atoms with Crippen LogP contribution in [0.3, 0.4) is 0 Å². The number of hydrogen-bond donors (Lipinski definition) is 2. The van der Waals surface area contributed by atoms with E-state index in [1.54, 1.807) is 24.3 Å². The average Bonchev–Trinajstić information content (AvgIpc) is 2.59. The fourth-order valence-electron chi connectivity index (χ4n) is 3.06. The standard InChI is InChI=1S/C18H27N3O2/c1-3-10-20-17(22)14-7-6-8-15(12-14)18(23)21-11-5-4-9-16(21)13(2)19/h6-8,12-13,16H,3-5,9-11,19H2,1-2H3,(H,20,22). The van der Waals surface area contributed by atoms with Gasteiger partial charge in [-0.25, -0.2) is 0 Å². The van der Waals surface area contributed by atoms with Gasteiger partial charge in [0, 0.05) is 36.3 Å². The molecule has 1 fully saturated rings. The van der Waals surface area contributed by atoms with Crippen molar-refractivity contribution >= 4 is 11.8 Å². The zero-order valence-corrected chi connectivity index (χ0v) is 14.0. The number of likely N-dealkylation sites (tertiary alicyclic amines) is 1. The molecular formula is C18H27N3O2. The molecule has 0 spiro atoms. The van der Waals surface area contributed by atoms with E-state index in [0.29, 0.717) is 17.7 Å². The van der Waals surface area contributed by atoms with Crippen LogP contribution >= 0.6 is 0 Å². The van der Waals surface area contributed by atoms with E-state index in [1.165, 1.54) is 0 Å². The largest absolute Gasteiger partial charge is 0.352 e. The highest BCUT2D eigenvalue weighted by molar-refractivity contribution is 5.99. The highest BCUT2D eigenvalue weighted by Crippen LogP contribution is 2.21. The van der Waals surface area contributed by atoms with Crippen molar-refractivity contribution in [1.29, 1.82) is 0 Å². The van der Waals surface area contributed by atoms with Crippen LogP contribution in [0.15, 0.2) is 24.3 Å². The molecule has 23 heavy (non-hydrogen) atoms. The molecule has 0 aromatic heterocycles. The molecule has 5 nitrogen and oxygen atoms in total. The van der Waals surface area contributed by atoms with Crippen LogP contribution in [0, 0.1) is 0 Å². The Kier molecular flexibility index (Phi) is 6.16. The summed E-state index contributed by atoms with van der Waals surface area (Å²) in [4.78, 5) is 26.8. The van der Waals surface area contributed by atoms with Gasteiger partial charge in [0.1, 0.15) is 0 Å². The third-order valence-corrected chi connectivity index (χ3v) is 4.32. The normalized spacial score (nSPS) is 19.3. The van der Waals surface area contributed by atoms with Crippen molar-refractivity contribution in [2.75, 3.05) is 13.1 Å². The monoisotopic (exact) mass is 317 g/mol. The van der Waals surface area contributed by atoms with Crippen molar-refractivity contribution in [3.63, 3.8) is 0 Å². The highest BCUT2D eigenvalue weighted by Gasteiger charge is 2.30. The second-order valence-corrected chi connectivity index (χ2v) is 6.26. The summed E-state index contributed by atoms with van der Waals surface area (Å²) >= 11 is 0. The number of amides is 2. The van der Waals surface area contributed by atoms with E-state index >= 15 is 0 Å². The zero-order valence-electron chi connectivity index (χ0n) is 14.0. The lowest BCUT2D eigenvalue weighted by Crippen LogP contribution is -2.51. The van der Waals surface area contributed by atoms with Crippen LogP contribution in [0.1, 0.15) is 60.2 Å². The highest BCUT2D eigenvalue weighted by atomic mass is 16.2. The van der Waals surface area contributed by atoms with Crippen LogP contribution in [0.25, 0.3) is 0 Å². The van der Waals surface area contributed by atoms with Gasteiger partial charge >= 0.3 is 0 Å². The van der Waals surface area contributed by atoms with Gasteiger partial charge in [0.25, 0.3) is 11.8 Å². The predicted octanol–water partition coefficient (Wildman–Crippen LogP) is 2.17. The molecule has 5 heteroatoms. The Morgan fingerprint density at radius 1 is 1.35 bits per heavy atom. The first kappa shape index (κ1) is 17.5. The van der Waals surface area contributed by atoms with Gasteiger partial charge in [0.15, 0.2) is 0 Å². The van der Waals surface area contributed by atoms with E-state index in [9.17, 15) is 9.59 Å². The molecule has 1 saturated heterocycles. The third-order valence-electron chi connectivity index (χ3n) is 4.32. The lowest BCUT2D eigenvalue weighted by molar-refractivity contribution is 0.0584. The summed E-state index contributed by atoms with van der Waals surface area (Å²) in [6, 6.07) is 6.98. The summed E-state index contributed by atoms with van der Waals surface area (Å²) in [6.45, 7) is 5.32. The second kappa shape index (κ2) is 8.11. The maximum Gasteiger partial charge on any atom is 0.254 e. The molecule has 1 aromatic carbocycles. The van der Waals surface area contributed by atoms with Gasteiger partial charge in [-0.1, -0.05) is 13.0 Å². The van der Waals surface area contributed by atoms with Crippen LogP contribution in [0.2, 0.25) is 0 Å². The fraction of sp³-hybridized carbons (Fsp3) is 0.556. The van der Waals surface area contributed by atoms with Crippen LogP contribution < -0.4 is 11.1 Å². The number of rotatable bonds is 5. The van der Waals surface area contributed by atoms with Crippen molar-refractivity contribution < 1.29 is 9.59 Å². The number of carbonyl (C=O) groups excluding carboxylic acids is 2. The van der Waals surface area contributed by atoms with Crippen molar-refractivity contribution in [1.82, 2.24) is 10.2 Å². The minimum Gasteiger partial charge on any atom is -0.352 e. The summed E-state index contributed by atoms with van der Waals surface area (Å²) in [5.41, 5.74) is 7.13. The molecule has 1 heterocycles. The minimum atomic E-state index is -0.135. The fourth-order valence-corrected chi connectivity index (χ4v) is 3.06. The lowest BCUT2D eigenvalue weighted by atomic mass is 9.95. The first-order valence-corrected chi connectivity index (χ1v) is 8.49. The van der Waals surface area contributed by atoms with Crippen molar-refractivity contribution in [2.24, 2.45) is 5.73 Å². The van der Waals surface area contributed by atoms with E-state index in [-0.39, 0.29) is 23.9 Å². The summed E-state index contributed by atoms with van der Waals surface area (Å²) in [7, 11) is 0. The molecule has 2 rings (SSSR count). The first-order chi connectivity index (χ1) is 11.0. The van der Waals surface area contributed by atoms with Gasteiger partial charge in [-0.15, -0.1) is 0 Å². The summed E-state index contributed by atoms with van der Waals surface area (Å²) < 4.78 is 0. The smallest absolute Gasteiger partial charge is 0.254 e. The van der Waals surface area contributed by atoms with E-state index in [0.717, 1.165) is 32.2 Å². The SMILES string of the molecule is CCCNC(=O)c1cccc(C(=O)N2CCCCC2C(C)N)c1. The van der Waals surface area contributed by atoms with Gasteiger partial charge in [-0.05, 0) is 50.8 Å². The third kappa shape index (κ3) is 4.32. The quantitative estimate of drug-likeness (QED) is 0.874. The average molecular weight is 317 g/mol. The maximum atomic E-state index is 12.8. The number of benzene rings is 1. The first-order valence-electron chi connectivity index (χ1n) is 8.49. The molecule has 2 atom stereocenters. The predicted molar refractivity (Wildman–Crippen MR) is 91.4 cm³/mol. The second-order valence-electron chi connectivity index (χ2n) is 6.26. The molecule has 2 unspecified atom stereocenters. The van der Waals surface area contributed by atoms with Gasteiger partial charge in [-0.2, -0.15) is 0 Å². The molecule has 3 N–H and O–H groups in total. The Bertz CT molecular complexity index is 557. The Morgan fingerprint density at radius 3 is 2.78 bits per heavy atom. The Hall–Kier alpha value is -1.88. The Labute approximate surface area is 138 Å². The van der Waals surface area contributed by atoms with E-state index < -0.39 is 0 Å². The van der Waals surface area contributed by atoms with Gasteiger partial charge in [0.2, 0.25) is 0 Å². The molecule has 1 aliphatic rings. The van der Waals surface area contributed by atoms with Crippen LogP contribution in [-0.2, 0) is 0 Å². The summed E-state index contributed by atoms with van der Waals surface area (Å²) in [5, 5.41) is 2.84. The van der Waals surface area contributed by atoms with Crippen molar-refractivity contribution in [3.05, 3.63) is 35.4 Å². The van der Waals surface area contributed by atoms with E-state index in [1.807, 2.05) is 18.7 Å². The van der Waals surface area contributed by atoms with E-state index in [4.69, 9.17) is 5.73 Å². The number of piperidine rings is 1. The molecule has 0 saturated carbocycles. The van der Waals surface area contributed by atoms with Gasteiger partial charge in [-0.3, -0.25) is 9.59 Å². The van der Waals surface area contributed by atoms with Crippen LogP contribution in [0.4, 0.5) is 0 Å². The summed E-state index contributed by atoms with van der Waals surface area (Å²) in [6.07, 6.45) is 3.94. The molecule has 0 radical (unpaired) electrons. The molecule has 2 amide bonds. The molecule has 126 valence electrons. The van der Waals surface area contributed by atoms with Crippen LogP contribution in [-0.4, -0.2) is 41.9 Å². The maximum absolute atomic E-state index is 12.8. The number of carbonyl (C=O) groups is 2. The van der Waals surface area contributed by atoms with E-state index in [2.05, 4.69) is 5.32 Å². The molecular weight excluding hydrogens is 290 g/mol. The minimum absolute atomic E-state index is 0.0304. The van der Waals surface area contributed by atoms with Crippen LogP contribution in [0.5, 0.6) is 0 Å².